The zero-order chi connectivity index (χ0) is 13.3. The van der Waals surface area contributed by atoms with Gasteiger partial charge in [0, 0.05) is 17.4 Å². The molecule has 0 saturated carbocycles. The van der Waals surface area contributed by atoms with Crippen molar-refractivity contribution in [3.05, 3.63) is 28.6 Å². The quantitative estimate of drug-likeness (QED) is 0.471. The molecule has 0 amide bonds. The average Bonchev–Trinajstić information content (AvgIpc) is 2.15. The van der Waals surface area contributed by atoms with Crippen LogP contribution < -0.4 is 0 Å². The largest absolute Gasteiger partial charge is 0.224 e. The van der Waals surface area contributed by atoms with Gasteiger partial charge < -0.3 is 0 Å². The molecule has 0 aliphatic rings. The predicted octanol–water partition coefficient (Wildman–Crippen LogP) is 1.44. The van der Waals surface area contributed by atoms with Crippen LogP contribution in [0.25, 0.3) is 10.4 Å². The van der Waals surface area contributed by atoms with Gasteiger partial charge in [-0.15, -0.1) is 0 Å². The zero-order valence-corrected chi connectivity index (χ0v) is 10.7. The molecule has 0 aliphatic carbocycles. The summed E-state index contributed by atoms with van der Waals surface area (Å²) in [4.78, 5) is 2.03. The van der Waals surface area contributed by atoms with Gasteiger partial charge in [-0.05, 0) is 17.7 Å². The van der Waals surface area contributed by atoms with Gasteiger partial charge in [0.1, 0.15) is 0 Å². The fraction of sp³-hybridized carbons (Fsp3) is 0.250. The first-order valence-corrected chi connectivity index (χ1v) is 8.04. The van der Waals surface area contributed by atoms with E-state index in [1.807, 2.05) is 0 Å². The minimum Gasteiger partial charge on any atom is -0.224 e. The van der Waals surface area contributed by atoms with Crippen LogP contribution in [0.4, 0.5) is 5.69 Å². The molecule has 7 nitrogen and oxygen atoms in total. The smallest absolute Gasteiger partial charge is 0.176 e. The molecule has 0 radical (unpaired) electrons. The summed E-state index contributed by atoms with van der Waals surface area (Å²) in [6, 6.07) is 3.33. The van der Waals surface area contributed by atoms with Crippen molar-refractivity contribution in [2.45, 2.75) is 9.79 Å². The van der Waals surface area contributed by atoms with Gasteiger partial charge in [-0.2, -0.15) is 0 Å². The summed E-state index contributed by atoms with van der Waals surface area (Å²) in [6.07, 6.45) is 1.87. The highest BCUT2D eigenvalue weighted by Gasteiger charge is 2.16. The predicted molar refractivity (Wildman–Crippen MR) is 61.5 cm³/mol. The van der Waals surface area contributed by atoms with Crippen molar-refractivity contribution < 1.29 is 16.8 Å². The van der Waals surface area contributed by atoms with Gasteiger partial charge in [0.25, 0.3) is 0 Å². The lowest BCUT2D eigenvalue weighted by Crippen LogP contribution is -2.02. The molecule has 0 saturated heterocycles. The summed E-state index contributed by atoms with van der Waals surface area (Å²) in [6.45, 7) is 0. The van der Waals surface area contributed by atoms with Crippen molar-refractivity contribution in [2.75, 3.05) is 12.5 Å². The van der Waals surface area contributed by atoms with Crippen LogP contribution in [0.2, 0.25) is 0 Å². The molecule has 1 aromatic rings. The second kappa shape index (κ2) is 4.36. The zero-order valence-electron chi connectivity index (χ0n) is 9.02. The molecule has 0 atom stereocenters. The molecule has 0 spiro atoms. The lowest BCUT2D eigenvalue weighted by atomic mass is 10.3. The highest BCUT2D eigenvalue weighted by atomic mass is 32.2. The highest BCUT2D eigenvalue weighted by Crippen LogP contribution is 2.27. The van der Waals surface area contributed by atoms with Crippen molar-refractivity contribution in [3.8, 4) is 0 Å². The van der Waals surface area contributed by atoms with Crippen molar-refractivity contribution in [1.82, 2.24) is 0 Å². The number of rotatable bonds is 3. The molecule has 0 bridgehead atoms. The summed E-state index contributed by atoms with van der Waals surface area (Å²) in [5.41, 5.74) is 8.16. The maximum atomic E-state index is 11.4. The molecule has 9 heteroatoms. The fourth-order valence-electron chi connectivity index (χ4n) is 1.15. The van der Waals surface area contributed by atoms with Gasteiger partial charge in [0.05, 0.1) is 15.5 Å². The minimum absolute atomic E-state index is 0.123. The van der Waals surface area contributed by atoms with Gasteiger partial charge in [-0.1, -0.05) is 11.2 Å². The lowest BCUT2D eigenvalue weighted by molar-refractivity contribution is 0.600. The Kier molecular flexibility index (Phi) is 3.46. The van der Waals surface area contributed by atoms with E-state index >= 15 is 0 Å². The number of hydrogen-bond donors (Lipinski definition) is 0. The van der Waals surface area contributed by atoms with Gasteiger partial charge in [-0.25, -0.2) is 16.8 Å². The standard InChI is InChI=1S/C8H9N3O4S2/c1-16(12,13)6-3-4-7(10-11-9)8(5-6)17(2,14)15/h3-5H,1-2H3. The molecule has 0 aromatic heterocycles. The van der Waals surface area contributed by atoms with Crippen LogP contribution in [0, 0.1) is 0 Å². The average molecular weight is 275 g/mol. The third kappa shape index (κ3) is 3.19. The second-order valence-corrected chi connectivity index (χ2v) is 7.36. The second-order valence-electron chi connectivity index (χ2n) is 3.36. The summed E-state index contributed by atoms with van der Waals surface area (Å²) < 4.78 is 45.4. The molecular formula is C8H9N3O4S2. The Morgan fingerprint density at radius 3 is 2.12 bits per heavy atom. The van der Waals surface area contributed by atoms with E-state index in [1.54, 1.807) is 0 Å². The normalized spacial score (nSPS) is 11.9. The van der Waals surface area contributed by atoms with Crippen molar-refractivity contribution >= 4 is 25.4 Å². The Morgan fingerprint density at radius 2 is 1.71 bits per heavy atom. The summed E-state index contributed by atoms with van der Waals surface area (Å²) in [5.74, 6) is 0. The van der Waals surface area contributed by atoms with Crippen LogP contribution in [0.1, 0.15) is 0 Å². The van der Waals surface area contributed by atoms with E-state index in [0.29, 0.717) is 0 Å². The van der Waals surface area contributed by atoms with E-state index in [2.05, 4.69) is 10.0 Å². The van der Waals surface area contributed by atoms with Crippen molar-refractivity contribution in [1.29, 1.82) is 0 Å². The van der Waals surface area contributed by atoms with Crippen LogP contribution in [-0.4, -0.2) is 29.3 Å². The molecule has 0 unspecified atom stereocenters. The van der Waals surface area contributed by atoms with Gasteiger partial charge in [0.15, 0.2) is 19.7 Å². The number of benzene rings is 1. The van der Waals surface area contributed by atoms with Crippen LogP contribution in [-0.2, 0) is 19.7 Å². The first-order valence-electron chi connectivity index (χ1n) is 4.25. The summed E-state index contributed by atoms with van der Waals surface area (Å²) >= 11 is 0. The van der Waals surface area contributed by atoms with Gasteiger partial charge in [0.2, 0.25) is 0 Å². The Morgan fingerprint density at radius 1 is 1.12 bits per heavy atom. The Balaban J connectivity index is 3.68. The fourth-order valence-corrected chi connectivity index (χ4v) is 2.70. The number of sulfone groups is 2. The maximum absolute atomic E-state index is 11.4. The van der Waals surface area contributed by atoms with Crippen LogP contribution in [0.3, 0.4) is 0 Å². The first-order chi connectivity index (χ1) is 7.66. The van der Waals surface area contributed by atoms with Crippen molar-refractivity contribution in [3.63, 3.8) is 0 Å². The monoisotopic (exact) mass is 275 g/mol. The van der Waals surface area contributed by atoms with Crippen LogP contribution in [0.5, 0.6) is 0 Å². The third-order valence-corrected chi connectivity index (χ3v) is 4.15. The van der Waals surface area contributed by atoms with E-state index in [9.17, 15) is 16.8 Å². The Labute approximate surface area is 98.5 Å². The molecule has 0 aliphatic heterocycles. The number of hydrogen-bond acceptors (Lipinski definition) is 5. The SMILES string of the molecule is CS(=O)(=O)c1ccc(N=[N+]=[N-])c(S(C)(=O)=O)c1. The van der Waals surface area contributed by atoms with E-state index in [0.717, 1.165) is 24.6 Å². The molecule has 1 rings (SSSR count). The summed E-state index contributed by atoms with van der Waals surface area (Å²) in [5, 5.41) is 3.20. The van der Waals surface area contributed by atoms with Crippen LogP contribution in [0.15, 0.2) is 33.1 Å². The highest BCUT2D eigenvalue weighted by molar-refractivity contribution is 7.91. The molecule has 0 heterocycles. The van der Waals surface area contributed by atoms with E-state index < -0.39 is 19.7 Å². The summed E-state index contributed by atoms with van der Waals surface area (Å²) in [7, 11) is -7.18. The molecule has 17 heavy (non-hydrogen) atoms. The third-order valence-electron chi connectivity index (χ3n) is 1.91. The minimum atomic E-state index is -3.67. The van der Waals surface area contributed by atoms with E-state index in [1.165, 1.54) is 6.07 Å². The number of nitrogens with zero attached hydrogens (tertiary/aromatic N) is 3. The lowest BCUT2D eigenvalue weighted by Gasteiger charge is -2.05. The number of azide groups is 1. The van der Waals surface area contributed by atoms with Gasteiger partial charge in [-0.3, -0.25) is 0 Å². The molecule has 1 aromatic carbocycles. The van der Waals surface area contributed by atoms with Crippen LogP contribution >= 0.6 is 0 Å². The molecule has 92 valence electrons. The molecule has 0 N–H and O–H groups in total. The maximum Gasteiger partial charge on any atom is 0.176 e. The molecular weight excluding hydrogens is 266 g/mol. The van der Waals surface area contributed by atoms with E-state index in [-0.39, 0.29) is 15.5 Å². The Hall–Kier alpha value is -1.57. The Bertz CT molecular complexity index is 700. The topological polar surface area (TPSA) is 117 Å². The first kappa shape index (κ1) is 13.5. The molecule has 0 fully saturated rings. The van der Waals surface area contributed by atoms with Crippen molar-refractivity contribution in [2.24, 2.45) is 5.11 Å². The van der Waals surface area contributed by atoms with E-state index in [4.69, 9.17) is 5.53 Å². The van der Waals surface area contributed by atoms with Gasteiger partial charge >= 0.3 is 0 Å².